The van der Waals surface area contributed by atoms with Crippen molar-refractivity contribution in [2.24, 2.45) is 0 Å². The number of ether oxygens (including phenoxy) is 1. The standard InChI is InChI=1S/C17H23N3O/c1-3-18-12-16-17(20(2)10-11-21-16)15-9-8-13-6-4-5-7-14(13)19-15/h4-9,16-18H,3,10-12H2,1-2H3. The highest BCUT2D eigenvalue weighted by Gasteiger charge is 2.32. The predicted octanol–water partition coefficient (Wildman–Crippen LogP) is 2.22. The van der Waals surface area contributed by atoms with Gasteiger partial charge in [0, 0.05) is 18.5 Å². The average molecular weight is 285 g/mol. The van der Waals surface area contributed by atoms with Gasteiger partial charge < -0.3 is 10.1 Å². The van der Waals surface area contributed by atoms with Crippen LogP contribution >= 0.6 is 0 Å². The van der Waals surface area contributed by atoms with E-state index in [-0.39, 0.29) is 12.1 Å². The van der Waals surface area contributed by atoms with Gasteiger partial charge in [-0.05, 0) is 25.7 Å². The summed E-state index contributed by atoms with van der Waals surface area (Å²) in [6, 6.07) is 12.8. The summed E-state index contributed by atoms with van der Waals surface area (Å²) < 4.78 is 5.99. The molecule has 2 aromatic rings. The zero-order chi connectivity index (χ0) is 14.7. The molecule has 0 spiro atoms. The highest BCUT2D eigenvalue weighted by Crippen LogP contribution is 2.28. The molecule has 0 radical (unpaired) electrons. The largest absolute Gasteiger partial charge is 0.374 e. The summed E-state index contributed by atoms with van der Waals surface area (Å²) in [6.45, 7) is 5.68. The van der Waals surface area contributed by atoms with Crippen molar-refractivity contribution < 1.29 is 4.74 Å². The molecule has 1 aromatic carbocycles. The molecule has 2 unspecified atom stereocenters. The Morgan fingerprint density at radius 2 is 2.14 bits per heavy atom. The van der Waals surface area contributed by atoms with Gasteiger partial charge in [0.15, 0.2) is 0 Å². The van der Waals surface area contributed by atoms with Crippen LogP contribution in [-0.4, -0.2) is 49.3 Å². The molecule has 0 amide bonds. The minimum absolute atomic E-state index is 0.150. The molecular formula is C17H23N3O. The van der Waals surface area contributed by atoms with Gasteiger partial charge >= 0.3 is 0 Å². The van der Waals surface area contributed by atoms with Gasteiger partial charge in [-0.2, -0.15) is 0 Å². The van der Waals surface area contributed by atoms with E-state index in [1.807, 2.05) is 12.1 Å². The lowest BCUT2D eigenvalue weighted by Crippen LogP contribution is -2.47. The van der Waals surface area contributed by atoms with Crippen LogP contribution < -0.4 is 5.32 Å². The minimum Gasteiger partial charge on any atom is -0.374 e. The van der Waals surface area contributed by atoms with E-state index in [9.17, 15) is 0 Å². The van der Waals surface area contributed by atoms with Crippen LogP contribution in [0, 0.1) is 0 Å². The molecule has 1 fully saturated rings. The molecule has 0 saturated carbocycles. The topological polar surface area (TPSA) is 37.4 Å². The number of likely N-dealkylation sites (N-methyl/N-ethyl adjacent to an activating group) is 2. The van der Waals surface area contributed by atoms with Crippen molar-refractivity contribution in [3.8, 4) is 0 Å². The monoisotopic (exact) mass is 285 g/mol. The van der Waals surface area contributed by atoms with E-state index >= 15 is 0 Å². The predicted molar refractivity (Wildman–Crippen MR) is 85.4 cm³/mol. The second-order valence-corrected chi connectivity index (χ2v) is 5.57. The van der Waals surface area contributed by atoms with Crippen LogP contribution in [0.15, 0.2) is 36.4 Å². The lowest BCUT2D eigenvalue weighted by Gasteiger charge is -2.39. The van der Waals surface area contributed by atoms with Crippen molar-refractivity contribution in [3.05, 3.63) is 42.1 Å². The Labute approximate surface area is 126 Å². The van der Waals surface area contributed by atoms with Gasteiger partial charge in [-0.3, -0.25) is 9.88 Å². The van der Waals surface area contributed by atoms with Crippen LogP contribution in [0.4, 0.5) is 0 Å². The van der Waals surface area contributed by atoms with Crippen LogP contribution in [0.2, 0.25) is 0 Å². The summed E-state index contributed by atoms with van der Waals surface area (Å²) in [4.78, 5) is 7.21. The Kier molecular flexibility index (Phi) is 4.48. The van der Waals surface area contributed by atoms with E-state index in [1.165, 1.54) is 5.39 Å². The van der Waals surface area contributed by atoms with E-state index in [0.717, 1.165) is 37.5 Å². The number of morpholine rings is 1. The zero-order valence-corrected chi connectivity index (χ0v) is 12.7. The molecule has 1 N–H and O–H groups in total. The summed E-state index contributed by atoms with van der Waals surface area (Å²) in [5.74, 6) is 0. The van der Waals surface area contributed by atoms with Crippen molar-refractivity contribution in [1.82, 2.24) is 15.2 Å². The molecule has 1 aliphatic heterocycles. The second-order valence-electron chi connectivity index (χ2n) is 5.57. The van der Waals surface area contributed by atoms with Gasteiger partial charge in [0.1, 0.15) is 0 Å². The van der Waals surface area contributed by atoms with Crippen LogP contribution in [0.5, 0.6) is 0 Å². The van der Waals surface area contributed by atoms with Gasteiger partial charge in [0.2, 0.25) is 0 Å². The summed E-state index contributed by atoms with van der Waals surface area (Å²) >= 11 is 0. The second kappa shape index (κ2) is 6.52. The van der Waals surface area contributed by atoms with Crippen LogP contribution in [0.25, 0.3) is 10.9 Å². The summed E-state index contributed by atoms with van der Waals surface area (Å²) in [5.41, 5.74) is 2.15. The third-order valence-corrected chi connectivity index (χ3v) is 4.12. The highest BCUT2D eigenvalue weighted by molar-refractivity contribution is 5.78. The van der Waals surface area contributed by atoms with Gasteiger partial charge in [0.05, 0.1) is 30.0 Å². The smallest absolute Gasteiger partial charge is 0.0911 e. The number of rotatable bonds is 4. The number of hydrogen-bond acceptors (Lipinski definition) is 4. The molecule has 3 rings (SSSR count). The number of para-hydroxylation sites is 1. The lowest BCUT2D eigenvalue weighted by atomic mass is 10.0. The molecule has 0 bridgehead atoms. The number of pyridine rings is 1. The lowest BCUT2D eigenvalue weighted by molar-refractivity contribution is -0.0624. The van der Waals surface area contributed by atoms with Crippen LogP contribution in [0.3, 0.4) is 0 Å². The van der Waals surface area contributed by atoms with Crippen molar-refractivity contribution in [1.29, 1.82) is 0 Å². The fourth-order valence-corrected chi connectivity index (χ4v) is 2.98. The first-order chi connectivity index (χ1) is 10.3. The molecule has 2 atom stereocenters. The van der Waals surface area contributed by atoms with Gasteiger partial charge in [0.25, 0.3) is 0 Å². The molecule has 112 valence electrons. The number of nitrogens with one attached hydrogen (secondary N) is 1. The first-order valence-corrected chi connectivity index (χ1v) is 7.68. The molecular weight excluding hydrogens is 262 g/mol. The van der Waals surface area contributed by atoms with Gasteiger partial charge in [-0.15, -0.1) is 0 Å². The first-order valence-electron chi connectivity index (χ1n) is 7.68. The number of aromatic nitrogens is 1. The number of benzene rings is 1. The Hall–Kier alpha value is -1.49. The van der Waals surface area contributed by atoms with Gasteiger partial charge in [-0.1, -0.05) is 31.2 Å². The average Bonchev–Trinajstić information content (AvgIpc) is 2.52. The maximum absolute atomic E-state index is 5.99. The first kappa shape index (κ1) is 14.4. The maximum atomic E-state index is 5.99. The molecule has 21 heavy (non-hydrogen) atoms. The molecule has 1 aromatic heterocycles. The summed E-state index contributed by atoms with van der Waals surface area (Å²) in [5, 5.41) is 4.58. The Balaban J connectivity index is 1.92. The number of nitrogens with zero attached hydrogens (tertiary/aromatic N) is 2. The van der Waals surface area contributed by atoms with E-state index < -0.39 is 0 Å². The number of fused-ring (bicyclic) bond motifs is 1. The third kappa shape index (κ3) is 3.07. The summed E-state index contributed by atoms with van der Waals surface area (Å²) in [7, 11) is 2.16. The Morgan fingerprint density at radius 3 is 3.00 bits per heavy atom. The van der Waals surface area contributed by atoms with E-state index in [4.69, 9.17) is 9.72 Å². The third-order valence-electron chi connectivity index (χ3n) is 4.12. The highest BCUT2D eigenvalue weighted by atomic mass is 16.5. The Bertz CT molecular complexity index is 601. The summed E-state index contributed by atoms with van der Waals surface area (Å²) in [6.07, 6.45) is 0.150. The Morgan fingerprint density at radius 1 is 1.29 bits per heavy atom. The van der Waals surface area contributed by atoms with Crippen molar-refractivity contribution in [2.45, 2.75) is 19.1 Å². The van der Waals surface area contributed by atoms with Gasteiger partial charge in [-0.25, -0.2) is 0 Å². The molecule has 0 aliphatic carbocycles. The van der Waals surface area contributed by atoms with E-state index in [1.54, 1.807) is 0 Å². The SMILES string of the molecule is CCNCC1OCCN(C)C1c1ccc2ccccc2n1. The van der Waals surface area contributed by atoms with Crippen LogP contribution in [-0.2, 0) is 4.74 Å². The van der Waals surface area contributed by atoms with E-state index in [2.05, 4.69) is 48.5 Å². The molecule has 1 saturated heterocycles. The molecule has 2 heterocycles. The zero-order valence-electron chi connectivity index (χ0n) is 12.7. The quantitative estimate of drug-likeness (QED) is 0.934. The van der Waals surface area contributed by atoms with Crippen molar-refractivity contribution in [2.75, 3.05) is 33.3 Å². The minimum atomic E-state index is 0.150. The fourth-order valence-electron chi connectivity index (χ4n) is 2.98. The molecule has 4 nitrogen and oxygen atoms in total. The number of hydrogen-bond donors (Lipinski definition) is 1. The molecule has 1 aliphatic rings. The van der Waals surface area contributed by atoms with Crippen molar-refractivity contribution >= 4 is 10.9 Å². The molecule has 4 heteroatoms. The normalized spacial score (nSPS) is 23.5. The fraction of sp³-hybridized carbons (Fsp3) is 0.471. The van der Waals surface area contributed by atoms with Crippen LogP contribution in [0.1, 0.15) is 18.7 Å². The van der Waals surface area contributed by atoms with E-state index in [0.29, 0.717) is 0 Å². The maximum Gasteiger partial charge on any atom is 0.0911 e. The van der Waals surface area contributed by atoms with Crippen molar-refractivity contribution in [3.63, 3.8) is 0 Å².